The molecule has 0 fully saturated rings. The molecule has 6 nitrogen and oxygen atoms in total. The molecule has 0 aliphatic heterocycles. The number of carbonyl (C=O) groups excluding carboxylic acids is 2. The van der Waals surface area contributed by atoms with E-state index in [9.17, 15) is 18.4 Å². The summed E-state index contributed by atoms with van der Waals surface area (Å²) in [5.74, 6) is -3.59. The van der Waals surface area contributed by atoms with Crippen molar-refractivity contribution in [1.29, 1.82) is 0 Å². The second-order valence-corrected chi connectivity index (χ2v) is 3.47. The Morgan fingerprint density at radius 2 is 1.74 bits per heavy atom. The normalized spacial score (nSPS) is 9.89. The molecule has 0 aliphatic carbocycles. The van der Waals surface area contributed by atoms with Gasteiger partial charge in [0.1, 0.15) is 18.9 Å². The summed E-state index contributed by atoms with van der Waals surface area (Å²) in [6, 6.07) is 0.601. The molecule has 1 aromatic heterocycles. The van der Waals surface area contributed by atoms with Crippen LogP contribution in [-0.4, -0.2) is 44.2 Å². The van der Waals surface area contributed by atoms with Crippen LogP contribution in [0, 0.1) is 11.6 Å². The molecular weight excluding hydrogens is 262 g/mol. The van der Waals surface area contributed by atoms with Crippen LogP contribution in [0.4, 0.5) is 14.6 Å². The van der Waals surface area contributed by atoms with Gasteiger partial charge in [-0.1, -0.05) is 0 Å². The van der Waals surface area contributed by atoms with Gasteiger partial charge in [-0.25, -0.2) is 13.8 Å². The highest BCUT2D eigenvalue weighted by atomic mass is 19.1. The predicted octanol–water partition coefficient (Wildman–Crippen LogP) is 0.512. The average molecular weight is 274 g/mol. The molecule has 0 unspecified atom stereocenters. The third-order valence-electron chi connectivity index (χ3n) is 2.18. The topological polar surface area (TPSA) is 68.7 Å². The summed E-state index contributed by atoms with van der Waals surface area (Å²) in [4.78, 5) is 26.9. The van der Waals surface area contributed by atoms with Gasteiger partial charge in [0, 0.05) is 6.07 Å². The largest absolute Gasteiger partial charge is 0.468 e. The third kappa shape index (κ3) is 4.16. The molecule has 0 saturated heterocycles. The van der Waals surface area contributed by atoms with Crippen LogP contribution in [0.3, 0.4) is 0 Å². The van der Waals surface area contributed by atoms with Crippen molar-refractivity contribution in [2.24, 2.45) is 0 Å². The average Bonchev–Trinajstić information content (AvgIpc) is 2.37. The van der Waals surface area contributed by atoms with E-state index in [1.54, 1.807) is 0 Å². The van der Waals surface area contributed by atoms with E-state index in [1.807, 2.05) is 0 Å². The van der Waals surface area contributed by atoms with Gasteiger partial charge in [0.2, 0.25) is 0 Å². The zero-order valence-electron chi connectivity index (χ0n) is 10.4. The minimum Gasteiger partial charge on any atom is -0.468 e. The van der Waals surface area contributed by atoms with E-state index in [1.165, 1.54) is 0 Å². The Kier molecular flexibility index (Phi) is 5.16. The Labute approximate surface area is 107 Å². The first-order valence-electron chi connectivity index (χ1n) is 5.17. The Bertz CT molecular complexity index is 464. The fraction of sp³-hybridized carbons (Fsp3) is 0.364. The minimum atomic E-state index is -0.993. The monoisotopic (exact) mass is 274 g/mol. The van der Waals surface area contributed by atoms with E-state index < -0.39 is 36.7 Å². The zero-order chi connectivity index (χ0) is 14.4. The van der Waals surface area contributed by atoms with Crippen molar-refractivity contribution < 1.29 is 27.8 Å². The molecular formula is C11H12F2N2O4. The standard InChI is InChI=1S/C11H12F2N2O4/c1-18-9(16)5-15(6-10(17)19-2)11-8(13)3-7(12)4-14-11/h3-4H,5-6H2,1-2H3. The number of rotatable bonds is 5. The van der Waals surface area contributed by atoms with Gasteiger partial charge in [-0.2, -0.15) is 0 Å². The van der Waals surface area contributed by atoms with Crippen LogP contribution in [-0.2, 0) is 19.1 Å². The number of halogens is 2. The summed E-state index contributed by atoms with van der Waals surface area (Å²) in [5, 5.41) is 0. The van der Waals surface area contributed by atoms with Crippen LogP contribution in [0.1, 0.15) is 0 Å². The van der Waals surface area contributed by atoms with E-state index in [0.29, 0.717) is 6.07 Å². The van der Waals surface area contributed by atoms with E-state index in [-0.39, 0.29) is 5.82 Å². The Balaban J connectivity index is 3.00. The Hall–Kier alpha value is -2.25. The number of anilines is 1. The van der Waals surface area contributed by atoms with Gasteiger partial charge in [0.15, 0.2) is 11.6 Å². The van der Waals surface area contributed by atoms with E-state index in [2.05, 4.69) is 14.5 Å². The van der Waals surface area contributed by atoms with Crippen LogP contribution in [0.15, 0.2) is 12.3 Å². The molecule has 1 heterocycles. The summed E-state index contributed by atoms with van der Waals surface area (Å²) in [7, 11) is 2.29. The molecule has 0 amide bonds. The molecule has 0 saturated carbocycles. The number of nitrogens with zero attached hydrogens (tertiary/aromatic N) is 2. The van der Waals surface area contributed by atoms with Gasteiger partial charge in [-0.3, -0.25) is 9.59 Å². The van der Waals surface area contributed by atoms with Crippen molar-refractivity contribution in [2.75, 3.05) is 32.2 Å². The number of esters is 2. The summed E-state index contributed by atoms with van der Waals surface area (Å²) in [6.07, 6.45) is 0.778. The maximum atomic E-state index is 13.6. The number of methoxy groups -OCH3 is 2. The number of hydrogen-bond donors (Lipinski definition) is 0. The minimum absolute atomic E-state index is 0.336. The lowest BCUT2D eigenvalue weighted by molar-refractivity contribution is -0.140. The van der Waals surface area contributed by atoms with Gasteiger partial charge in [0.25, 0.3) is 0 Å². The van der Waals surface area contributed by atoms with Crippen LogP contribution in [0.25, 0.3) is 0 Å². The van der Waals surface area contributed by atoms with Crippen molar-refractivity contribution in [3.8, 4) is 0 Å². The van der Waals surface area contributed by atoms with Gasteiger partial charge in [-0.15, -0.1) is 0 Å². The maximum Gasteiger partial charge on any atom is 0.325 e. The second kappa shape index (κ2) is 6.62. The molecule has 104 valence electrons. The number of carbonyl (C=O) groups is 2. The van der Waals surface area contributed by atoms with Gasteiger partial charge < -0.3 is 14.4 Å². The quantitative estimate of drug-likeness (QED) is 0.729. The molecule has 0 aromatic carbocycles. The first-order valence-corrected chi connectivity index (χ1v) is 5.17. The van der Waals surface area contributed by atoms with Crippen LogP contribution in [0.2, 0.25) is 0 Å². The summed E-state index contributed by atoms with van der Waals surface area (Å²) < 4.78 is 35.2. The van der Waals surface area contributed by atoms with Crippen molar-refractivity contribution in [3.63, 3.8) is 0 Å². The molecule has 0 atom stereocenters. The summed E-state index contributed by atoms with van der Waals surface area (Å²) in [6.45, 7) is -0.831. The van der Waals surface area contributed by atoms with Crippen molar-refractivity contribution in [3.05, 3.63) is 23.9 Å². The van der Waals surface area contributed by atoms with Gasteiger partial charge in [0.05, 0.1) is 20.4 Å². The molecule has 0 bridgehead atoms. The highest BCUT2D eigenvalue weighted by Crippen LogP contribution is 2.16. The number of hydrogen-bond acceptors (Lipinski definition) is 6. The maximum absolute atomic E-state index is 13.6. The van der Waals surface area contributed by atoms with Crippen LogP contribution in [0.5, 0.6) is 0 Å². The van der Waals surface area contributed by atoms with Gasteiger partial charge >= 0.3 is 11.9 Å². The van der Waals surface area contributed by atoms with Crippen LogP contribution >= 0.6 is 0 Å². The van der Waals surface area contributed by atoms with Crippen molar-refractivity contribution in [2.45, 2.75) is 0 Å². The zero-order valence-corrected chi connectivity index (χ0v) is 10.4. The lowest BCUT2D eigenvalue weighted by Crippen LogP contribution is -2.36. The van der Waals surface area contributed by atoms with E-state index in [4.69, 9.17) is 0 Å². The third-order valence-corrected chi connectivity index (χ3v) is 2.18. The molecule has 0 spiro atoms. The molecule has 19 heavy (non-hydrogen) atoms. The second-order valence-electron chi connectivity index (χ2n) is 3.47. The van der Waals surface area contributed by atoms with E-state index >= 15 is 0 Å². The fourth-order valence-corrected chi connectivity index (χ4v) is 1.29. The van der Waals surface area contributed by atoms with Gasteiger partial charge in [-0.05, 0) is 0 Å². The fourth-order valence-electron chi connectivity index (χ4n) is 1.29. The van der Waals surface area contributed by atoms with Crippen LogP contribution < -0.4 is 4.90 Å². The summed E-state index contributed by atoms with van der Waals surface area (Å²) in [5.41, 5.74) is 0. The SMILES string of the molecule is COC(=O)CN(CC(=O)OC)c1ncc(F)cc1F. The number of aromatic nitrogens is 1. The number of pyridine rings is 1. The molecule has 0 aliphatic rings. The lowest BCUT2D eigenvalue weighted by atomic mass is 10.3. The molecule has 0 radical (unpaired) electrons. The Morgan fingerprint density at radius 3 is 2.16 bits per heavy atom. The predicted molar refractivity (Wildman–Crippen MR) is 60.4 cm³/mol. The highest BCUT2D eigenvalue weighted by Gasteiger charge is 2.20. The van der Waals surface area contributed by atoms with E-state index in [0.717, 1.165) is 25.3 Å². The first-order chi connectivity index (χ1) is 8.97. The molecule has 1 rings (SSSR count). The smallest absolute Gasteiger partial charge is 0.325 e. The number of ether oxygens (including phenoxy) is 2. The molecule has 0 N–H and O–H groups in total. The highest BCUT2D eigenvalue weighted by molar-refractivity contribution is 5.80. The first kappa shape index (κ1) is 14.8. The molecule has 1 aromatic rings. The van der Waals surface area contributed by atoms with Crippen molar-refractivity contribution >= 4 is 17.8 Å². The lowest BCUT2D eigenvalue weighted by Gasteiger charge is -2.21. The van der Waals surface area contributed by atoms with Crippen molar-refractivity contribution in [1.82, 2.24) is 4.98 Å². The summed E-state index contributed by atoms with van der Waals surface area (Å²) >= 11 is 0. The molecule has 8 heteroatoms. The Morgan fingerprint density at radius 1 is 1.21 bits per heavy atom.